The number of halogens is 1. The molecular weight excluding hydrogens is 264 g/mol. The molecule has 19 heavy (non-hydrogen) atoms. The first-order chi connectivity index (χ1) is 9.21. The molecule has 2 aromatic rings. The number of rotatable bonds is 5. The third kappa shape index (κ3) is 3.79. The van der Waals surface area contributed by atoms with Crippen LogP contribution in [0.2, 0.25) is 5.28 Å². The van der Waals surface area contributed by atoms with E-state index in [2.05, 4.69) is 39.3 Å². The van der Waals surface area contributed by atoms with Crippen LogP contribution in [0.25, 0.3) is 0 Å². The monoisotopic (exact) mass is 278 g/mol. The van der Waals surface area contributed by atoms with Crippen LogP contribution in [0, 0.1) is 0 Å². The maximum absolute atomic E-state index is 5.82. The summed E-state index contributed by atoms with van der Waals surface area (Å²) in [6.45, 7) is 4.45. The Balaban J connectivity index is 2.17. The van der Waals surface area contributed by atoms with Crippen LogP contribution >= 0.6 is 11.6 Å². The molecule has 2 rings (SSSR count). The summed E-state index contributed by atoms with van der Waals surface area (Å²) < 4.78 is 5.21. The third-order valence-electron chi connectivity index (χ3n) is 2.48. The van der Waals surface area contributed by atoms with Gasteiger partial charge in [-0.2, -0.15) is 15.0 Å². The first-order valence-electron chi connectivity index (χ1n) is 6.11. The van der Waals surface area contributed by atoms with Gasteiger partial charge < -0.3 is 10.1 Å². The van der Waals surface area contributed by atoms with E-state index >= 15 is 0 Å². The molecule has 1 aromatic heterocycles. The predicted molar refractivity (Wildman–Crippen MR) is 75.1 cm³/mol. The van der Waals surface area contributed by atoms with Crippen molar-refractivity contribution in [3.8, 4) is 6.01 Å². The average Bonchev–Trinajstić information content (AvgIpc) is 2.39. The van der Waals surface area contributed by atoms with Gasteiger partial charge in [0.05, 0.1) is 6.61 Å². The summed E-state index contributed by atoms with van der Waals surface area (Å²) in [6, 6.07) is 8.26. The lowest BCUT2D eigenvalue weighted by molar-refractivity contribution is 0.312. The molecule has 0 aliphatic carbocycles. The molecule has 100 valence electrons. The summed E-state index contributed by atoms with van der Waals surface area (Å²) in [5.74, 6) is 0.368. The lowest BCUT2D eigenvalue weighted by atomic mass is 10.1. The van der Waals surface area contributed by atoms with Gasteiger partial charge in [0.2, 0.25) is 11.2 Å². The van der Waals surface area contributed by atoms with Crippen molar-refractivity contribution in [1.29, 1.82) is 0 Å². The molecule has 1 N–H and O–H groups in total. The average molecular weight is 279 g/mol. The highest BCUT2D eigenvalue weighted by atomic mass is 35.5. The smallest absolute Gasteiger partial charge is 0.322 e. The summed E-state index contributed by atoms with van der Waals surface area (Å²) in [5.41, 5.74) is 2.16. The lowest BCUT2D eigenvalue weighted by Gasteiger charge is -2.07. The van der Waals surface area contributed by atoms with Gasteiger partial charge in [0.25, 0.3) is 0 Å². The van der Waals surface area contributed by atoms with E-state index in [-0.39, 0.29) is 11.3 Å². The largest absolute Gasteiger partial charge is 0.464 e. The minimum Gasteiger partial charge on any atom is -0.464 e. The Morgan fingerprint density at radius 1 is 1.11 bits per heavy atom. The van der Waals surface area contributed by atoms with Gasteiger partial charge in [-0.3, -0.25) is 0 Å². The van der Waals surface area contributed by atoms with E-state index < -0.39 is 0 Å². The van der Waals surface area contributed by atoms with Crippen molar-refractivity contribution in [3.05, 3.63) is 35.1 Å². The van der Waals surface area contributed by atoms with Crippen LogP contribution in [0.3, 0.4) is 0 Å². The zero-order valence-electron chi connectivity index (χ0n) is 10.9. The van der Waals surface area contributed by atoms with Crippen molar-refractivity contribution >= 4 is 23.2 Å². The lowest BCUT2D eigenvalue weighted by Crippen LogP contribution is -2.03. The molecule has 5 nitrogen and oxygen atoms in total. The van der Waals surface area contributed by atoms with Crippen LogP contribution < -0.4 is 10.1 Å². The number of hydrogen-bond acceptors (Lipinski definition) is 5. The van der Waals surface area contributed by atoms with Gasteiger partial charge in [-0.25, -0.2) is 0 Å². The summed E-state index contributed by atoms with van der Waals surface area (Å²) in [7, 11) is 0. The van der Waals surface area contributed by atoms with E-state index in [1.165, 1.54) is 5.56 Å². The van der Waals surface area contributed by atoms with Crippen LogP contribution in [-0.2, 0) is 6.42 Å². The molecule has 0 aliphatic rings. The standard InChI is InChI=1S/C13H15ClN4O/c1-3-9-5-7-10(8-6-9)15-12-16-11(14)17-13(18-12)19-4-2/h5-8H,3-4H2,1-2H3,(H,15,16,17,18). The third-order valence-corrected chi connectivity index (χ3v) is 2.65. The molecule has 6 heteroatoms. The molecule has 0 spiro atoms. The highest BCUT2D eigenvalue weighted by Gasteiger charge is 2.05. The molecule has 0 amide bonds. The van der Waals surface area contributed by atoms with Crippen molar-refractivity contribution in [3.63, 3.8) is 0 Å². The number of nitrogens with zero attached hydrogens (tertiary/aromatic N) is 3. The summed E-state index contributed by atoms with van der Waals surface area (Å²) in [4.78, 5) is 12.0. The fraction of sp³-hybridized carbons (Fsp3) is 0.308. The topological polar surface area (TPSA) is 59.9 Å². The normalized spacial score (nSPS) is 10.3. The number of aryl methyl sites for hydroxylation is 1. The van der Waals surface area contributed by atoms with Gasteiger partial charge in [0, 0.05) is 5.69 Å². The molecule has 1 aromatic carbocycles. The summed E-state index contributed by atoms with van der Waals surface area (Å²) >= 11 is 5.82. The second-order valence-corrected chi connectivity index (χ2v) is 4.16. The Kier molecular flexibility index (Phi) is 4.52. The van der Waals surface area contributed by atoms with E-state index in [9.17, 15) is 0 Å². The molecule has 0 bridgehead atoms. The number of benzene rings is 1. The molecular formula is C13H15ClN4O. The van der Waals surface area contributed by atoms with E-state index in [1.807, 2.05) is 19.1 Å². The Hall–Kier alpha value is -1.88. The van der Waals surface area contributed by atoms with Gasteiger partial charge in [0.15, 0.2) is 0 Å². The number of nitrogens with one attached hydrogen (secondary N) is 1. The minimum absolute atomic E-state index is 0.103. The van der Waals surface area contributed by atoms with Crippen LogP contribution in [0.4, 0.5) is 11.6 Å². The van der Waals surface area contributed by atoms with Gasteiger partial charge >= 0.3 is 6.01 Å². The fourth-order valence-corrected chi connectivity index (χ4v) is 1.69. The fourth-order valence-electron chi connectivity index (χ4n) is 1.53. The van der Waals surface area contributed by atoms with Crippen LogP contribution in [-0.4, -0.2) is 21.6 Å². The predicted octanol–water partition coefficient (Wildman–Crippen LogP) is 3.23. The van der Waals surface area contributed by atoms with Crippen LogP contribution in [0.5, 0.6) is 6.01 Å². The highest BCUT2D eigenvalue weighted by molar-refractivity contribution is 6.28. The molecule has 0 saturated heterocycles. The molecule has 0 radical (unpaired) electrons. The highest BCUT2D eigenvalue weighted by Crippen LogP contribution is 2.17. The first-order valence-corrected chi connectivity index (χ1v) is 6.49. The Morgan fingerprint density at radius 2 is 1.84 bits per heavy atom. The van der Waals surface area contributed by atoms with E-state index in [1.54, 1.807) is 0 Å². The van der Waals surface area contributed by atoms with Crippen molar-refractivity contribution in [2.75, 3.05) is 11.9 Å². The quantitative estimate of drug-likeness (QED) is 0.910. The van der Waals surface area contributed by atoms with Gasteiger partial charge in [-0.05, 0) is 42.6 Å². The van der Waals surface area contributed by atoms with Crippen molar-refractivity contribution in [2.24, 2.45) is 0 Å². The van der Waals surface area contributed by atoms with Crippen LogP contribution in [0.1, 0.15) is 19.4 Å². The Bertz CT molecular complexity index is 545. The summed E-state index contributed by atoms with van der Waals surface area (Å²) in [5, 5.41) is 3.17. The number of aromatic nitrogens is 3. The number of hydrogen-bond donors (Lipinski definition) is 1. The van der Waals surface area contributed by atoms with E-state index in [4.69, 9.17) is 16.3 Å². The molecule has 0 unspecified atom stereocenters. The molecule has 1 heterocycles. The Labute approximate surface area is 117 Å². The zero-order chi connectivity index (χ0) is 13.7. The summed E-state index contributed by atoms with van der Waals surface area (Å²) in [6.07, 6.45) is 1.01. The minimum atomic E-state index is 0.103. The van der Waals surface area contributed by atoms with E-state index in [0.29, 0.717) is 12.6 Å². The maximum atomic E-state index is 5.82. The van der Waals surface area contributed by atoms with Gasteiger partial charge in [-0.15, -0.1) is 0 Å². The van der Waals surface area contributed by atoms with Crippen molar-refractivity contribution < 1.29 is 4.74 Å². The molecule has 0 aliphatic heterocycles. The number of anilines is 2. The van der Waals surface area contributed by atoms with Crippen molar-refractivity contribution in [1.82, 2.24) is 15.0 Å². The maximum Gasteiger partial charge on any atom is 0.322 e. The second kappa shape index (κ2) is 6.33. The van der Waals surface area contributed by atoms with Crippen molar-refractivity contribution in [2.45, 2.75) is 20.3 Å². The molecule has 0 atom stereocenters. The molecule has 0 saturated carbocycles. The SMILES string of the molecule is CCOc1nc(Cl)nc(Nc2ccc(CC)cc2)n1. The first kappa shape index (κ1) is 13.5. The van der Waals surface area contributed by atoms with Gasteiger partial charge in [0.1, 0.15) is 0 Å². The van der Waals surface area contributed by atoms with Gasteiger partial charge in [-0.1, -0.05) is 19.1 Å². The zero-order valence-corrected chi connectivity index (χ0v) is 11.6. The number of ether oxygens (including phenoxy) is 1. The van der Waals surface area contributed by atoms with E-state index in [0.717, 1.165) is 12.1 Å². The van der Waals surface area contributed by atoms with Crippen LogP contribution in [0.15, 0.2) is 24.3 Å². The Morgan fingerprint density at radius 3 is 2.47 bits per heavy atom. The second-order valence-electron chi connectivity index (χ2n) is 3.82. The molecule has 0 fully saturated rings.